The summed E-state index contributed by atoms with van der Waals surface area (Å²) >= 11 is 3.31. The van der Waals surface area contributed by atoms with Crippen LogP contribution in [0.25, 0.3) is 0 Å². The molecular weight excluding hydrogens is 335 g/mol. The number of piperidine rings is 1. The second-order valence-electron chi connectivity index (χ2n) is 5.89. The van der Waals surface area contributed by atoms with Crippen molar-refractivity contribution >= 4 is 21.8 Å². The topological polar surface area (TPSA) is 32.3 Å². The molecule has 0 aliphatic carbocycles. The number of nitrogens with zero attached hydrogens (tertiary/aromatic N) is 1. The van der Waals surface area contributed by atoms with Crippen molar-refractivity contribution in [2.45, 2.75) is 44.2 Å². The van der Waals surface area contributed by atoms with Gasteiger partial charge in [-0.3, -0.25) is 4.79 Å². The lowest BCUT2D eigenvalue weighted by molar-refractivity contribution is 0.0562. The van der Waals surface area contributed by atoms with Crippen molar-refractivity contribution in [1.82, 2.24) is 10.2 Å². The van der Waals surface area contributed by atoms with Crippen LogP contribution in [0.2, 0.25) is 0 Å². The summed E-state index contributed by atoms with van der Waals surface area (Å²) in [5.41, 5.74) is 0.557. The molecule has 2 aliphatic heterocycles. The fourth-order valence-electron chi connectivity index (χ4n) is 3.49. The highest BCUT2D eigenvalue weighted by molar-refractivity contribution is 9.10. The van der Waals surface area contributed by atoms with E-state index in [1.807, 2.05) is 4.90 Å². The minimum Gasteiger partial charge on any atom is -0.334 e. The first-order valence-electron chi connectivity index (χ1n) is 7.66. The monoisotopic (exact) mass is 354 g/mol. The highest BCUT2D eigenvalue weighted by Gasteiger charge is 2.35. The van der Waals surface area contributed by atoms with E-state index in [2.05, 4.69) is 21.2 Å². The Labute approximate surface area is 133 Å². The van der Waals surface area contributed by atoms with E-state index in [1.54, 1.807) is 6.07 Å². The zero-order chi connectivity index (χ0) is 14.8. The number of nitrogens with one attached hydrogen (secondary N) is 1. The van der Waals surface area contributed by atoms with Gasteiger partial charge in [0, 0.05) is 23.1 Å². The van der Waals surface area contributed by atoms with Crippen LogP contribution in [-0.2, 0) is 0 Å². The number of benzene rings is 1. The van der Waals surface area contributed by atoms with E-state index >= 15 is 0 Å². The van der Waals surface area contributed by atoms with Crippen molar-refractivity contribution in [3.05, 3.63) is 34.1 Å². The summed E-state index contributed by atoms with van der Waals surface area (Å²) in [6.45, 7) is 1.84. The average molecular weight is 355 g/mol. The molecule has 3 rings (SSSR count). The fourth-order valence-corrected chi connectivity index (χ4v) is 4.01. The van der Waals surface area contributed by atoms with Gasteiger partial charge >= 0.3 is 0 Å². The summed E-state index contributed by atoms with van der Waals surface area (Å²) in [5.74, 6) is -0.314. The molecule has 1 aromatic rings. The van der Waals surface area contributed by atoms with E-state index in [0.29, 0.717) is 16.1 Å². The van der Waals surface area contributed by atoms with E-state index in [9.17, 15) is 9.18 Å². The predicted octanol–water partition coefficient (Wildman–Crippen LogP) is 3.33. The number of rotatable bonds is 2. The molecule has 2 aliphatic rings. The molecule has 21 heavy (non-hydrogen) atoms. The minimum atomic E-state index is -0.328. The summed E-state index contributed by atoms with van der Waals surface area (Å²) in [7, 11) is 0. The van der Waals surface area contributed by atoms with Crippen LogP contribution >= 0.6 is 15.9 Å². The Morgan fingerprint density at radius 3 is 2.86 bits per heavy atom. The lowest BCUT2D eigenvalue weighted by Gasteiger charge is -2.39. The predicted molar refractivity (Wildman–Crippen MR) is 83.8 cm³/mol. The third-order valence-electron chi connectivity index (χ3n) is 4.53. The molecule has 0 radical (unpaired) electrons. The van der Waals surface area contributed by atoms with E-state index in [-0.39, 0.29) is 17.8 Å². The maximum absolute atomic E-state index is 13.2. The van der Waals surface area contributed by atoms with Crippen LogP contribution in [0.15, 0.2) is 22.7 Å². The second kappa shape index (κ2) is 6.44. The Hall–Kier alpha value is -0.940. The Morgan fingerprint density at radius 2 is 2.14 bits per heavy atom. The van der Waals surface area contributed by atoms with Crippen LogP contribution in [-0.4, -0.2) is 36.0 Å². The van der Waals surface area contributed by atoms with E-state index in [4.69, 9.17) is 0 Å². The van der Waals surface area contributed by atoms with Gasteiger partial charge in [0.05, 0.1) is 5.56 Å². The van der Waals surface area contributed by atoms with Crippen molar-refractivity contribution in [3.8, 4) is 0 Å². The van der Waals surface area contributed by atoms with Gasteiger partial charge in [-0.1, -0.05) is 0 Å². The number of hydrogen-bond donors (Lipinski definition) is 1. The standard InChI is InChI=1S/C16H20BrFN2O/c17-13-10-11(18)6-7-12(13)16(21)20-9-2-1-5-15(20)14-4-3-8-19-14/h6-7,10,14-15,19H,1-5,8-9H2. The van der Waals surface area contributed by atoms with Gasteiger partial charge in [-0.2, -0.15) is 0 Å². The number of amides is 1. The van der Waals surface area contributed by atoms with Crippen LogP contribution < -0.4 is 5.32 Å². The van der Waals surface area contributed by atoms with Gasteiger partial charge < -0.3 is 10.2 Å². The Morgan fingerprint density at radius 1 is 1.29 bits per heavy atom. The molecule has 2 unspecified atom stereocenters. The summed E-state index contributed by atoms with van der Waals surface area (Å²) in [4.78, 5) is 14.8. The minimum absolute atomic E-state index is 0.0141. The molecule has 0 bridgehead atoms. The summed E-state index contributed by atoms with van der Waals surface area (Å²) < 4.78 is 13.7. The maximum atomic E-state index is 13.2. The highest BCUT2D eigenvalue weighted by Crippen LogP contribution is 2.28. The number of carbonyl (C=O) groups excluding carboxylic acids is 1. The maximum Gasteiger partial charge on any atom is 0.255 e. The lowest BCUT2D eigenvalue weighted by atomic mass is 9.93. The van der Waals surface area contributed by atoms with E-state index in [1.165, 1.54) is 25.0 Å². The molecule has 1 aromatic carbocycles. The molecule has 2 fully saturated rings. The average Bonchev–Trinajstić information content (AvgIpc) is 3.01. The summed E-state index contributed by atoms with van der Waals surface area (Å²) in [6.07, 6.45) is 5.61. The second-order valence-corrected chi connectivity index (χ2v) is 6.74. The molecule has 2 heterocycles. The van der Waals surface area contributed by atoms with Crippen LogP contribution in [0.5, 0.6) is 0 Å². The molecule has 3 nitrogen and oxygen atoms in total. The molecule has 2 atom stereocenters. The van der Waals surface area contributed by atoms with Gasteiger partial charge in [0.1, 0.15) is 5.82 Å². The number of carbonyl (C=O) groups is 1. The first-order chi connectivity index (χ1) is 10.2. The molecule has 0 saturated carbocycles. The van der Waals surface area contributed by atoms with E-state index in [0.717, 1.165) is 32.4 Å². The number of hydrogen-bond acceptors (Lipinski definition) is 2. The number of likely N-dealkylation sites (tertiary alicyclic amines) is 1. The van der Waals surface area contributed by atoms with Crippen molar-refractivity contribution in [3.63, 3.8) is 0 Å². The first-order valence-corrected chi connectivity index (χ1v) is 8.45. The smallest absolute Gasteiger partial charge is 0.255 e. The van der Waals surface area contributed by atoms with Gasteiger partial charge in [-0.05, 0) is 72.8 Å². The Kier molecular flexibility index (Phi) is 4.60. The van der Waals surface area contributed by atoms with Gasteiger partial charge in [-0.15, -0.1) is 0 Å². The van der Waals surface area contributed by atoms with Crippen LogP contribution in [0.1, 0.15) is 42.5 Å². The normalized spacial score (nSPS) is 26.1. The first kappa shape index (κ1) is 15.0. The fraction of sp³-hybridized carbons (Fsp3) is 0.562. The third-order valence-corrected chi connectivity index (χ3v) is 5.19. The largest absolute Gasteiger partial charge is 0.334 e. The van der Waals surface area contributed by atoms with Gasteiger partial charge in [-0.25, -0.2) is 4.39 Å². The SMILES string of the molecule is O=C(c1ccc(F)cc1Br)N1CCCCC1C1CCCN1. The van der Waals surface area contributed by atoms with Crippen molar-refractivity contribution in [2.75, 3.05) is 13.1 Å². The third kappa shape index (κ3) is 3.14. The highest BCUT2D eigenvalue weighted by atomic mass is 79.9. The Balaban J connectivity index is 1.83. The number of halogens is 2. The van der Waals surface area contributed by atoms with Gasteiger partial charge in [0.25, 0.3) is 5.91 Å². The van der Waals surface area contributed by atoms with Crippen molar-refractivity contribution in [2.24, 2.45) is 0 Å². The zero-order valence-corrected chi connectivity index (χ0v) is 13.5. The quantitative estimate of drug-likeness (QED) is 0.883. The molecule has 0 spiro atoms. The van der Waals surface area contributed by atoms with Crippen LogP contribution in [0.4, 0.5) is 4.39 Å². The molecular formula is C16H20BrFN2O. The molecule has 2 saturated heterocycles. The van der Waals surface area contributed by atoms with Crippen LogP contribution in [0.3, 0.4) is 0 Å². The Bertz CT molecular complexity index is 531. The lowest BCUT2D eigenvalue weighted by Crippen LogP contribution is -2.52. The van der Waals surface area contributed by atoms with Crippen molar-refractivity contribution < 1.29 is 9.18 Å². The zero-order valence-electron chi connectivity index (χ0n) is 11.9. The van der Waals surface area contributed by atoms with Crippen LogP contribution in [0, 0.1) is 5.82 Å². The molecule has 5 heteroatoms. The van der Waals surface area contributed by atoms with Gasteiger partial charge in [0.15, 0.2) is 0 Å². The van der Waals surface area contributed by atoms with Crippen molar-refractivity contribution in [1.29, 1.82) is 0 Å². The van der Waals surface area contributed by atoms with Gasteiger partial charge in [0.2, 0.25) is 0 Å². The molecule has 114 valence electrons. The molecule has 0 aromatic heterocycles. The summed E-state index contributed by atoms with van der Waals surface area (Å²) in [6, 6.07) is 4.97. The molecule has 1 N–H and O–H groups in total. The van der Waals surface area contributed by atoms with E-state index < -0.39 is 0 Å². The molecule has 1 amide bonds. The summed E-state index contributed by atoms with van der Waals surface area (Å²) in [5, 5.41) is 3.52.